The van der Waals surface area contributed by atoms with Crippen molar-refractivity contribution in [2.24, 2.45) is 7.05 Å². The Balaban J connectivity index is 1.86. The second-order valence-electron chi connectivity index (χ2n) is 4.51. The lowest BCUT2D eigenvalue weighted by Crippen LogP contribution is -2.08. The maximum Gasteiger partial charge on any atom is 0.288 e. The molecule has 0 saturated carbocycles. The summed E-state index contributed by atoms with van der Waals surface area (Å²) in [5, 5.41) is 14.7. The van der Waals surface area contributed by atoms with Crippen LogP contribution in [0.15, 0.2) is 40.0 Å². The quantitative estimate of drug-likeness (QED) is 0.709. The van der Waals surface area contributed by atoms with Crippen LogP contribution in [0.1, 0.15) is 5.69 Å². The Kier molecular flexibility index (Phi) is 3.67. The molecule has 0 N–H and O–H groups in total. The monoisotopic (exact) mass is 339 g/mol. The molecule has 3 rings (SSSR count). The summed E-state index contributed by atoms with van der Waals surface area (Å²) in [6, 6.07) is 8.52. The molecule has 0 aliphatic rings. The fourth-order valence-corrected chi connectivity index (χ4v) is 3.06. The van der Waals surface area contributed by atoms with E-state index in [1.165, 1.54) is 7.05 Å². The molecule has 22 heavy (non-hydrogen) atoms. The van der Waals surface area contributed by atoms with Crippen LogP contribution < -0.4 is 0 Å². The van der Waals surface area contributed by atoms with Crippen molar-refractivity contribution < 1.29 is 12.9 Å². The molecule has 0 amide bonds. The van der Waals surface area contributed by atoms with Crippen molar-refractivity contribution in [3.8, 4) is 11.3 Å². The predicted octanol–water partition coefficient (Wildman–Crippen LogP) is 1.49. The Hall–Kier alpha value is -2.26. The van der Waals surface area contributed by atoms with Crippen molar-refractivity contribution in [1.82, 2.24) is 25.4 Å². The number of tetrazole rings is 1. The smallest absolute Gasteiger partial charge is 0.288 e. The Labute approximate surface area is 130 Å². The SMILES string of the molecule is Cn1nnc(S(=O)(=O)Cc2cc(-c3cccc(Cl)c3)on2)n1. The zero-order valence-corrected chi connectivity index (χ0v) is 12.9. The van der Waals surface area contributed by atoms with Crippen molar-refractivity contribution in [2.45, 2.75) is 10.9 Å². The van der Waals surface area contributed by atoms with Gasteiger partial charge in [0.15, 0.2) is 5.76 Å². The molecule has 114 valence electrons. The fourth-order valence-electron chi connectivity index (χ4n) is 1.81. The highest BCUT2D eigenvalue weighted by atomic mass is 35.5. The summed E-state index contributed by atoms with van der Waals surface area (Å²) in [5.74, 6) is 0.0581. The third-order valence-corrected chi connectivity index (χ3v) is 4.40. The minimum Gasteiger partial charge on any atom is -0.356 e. The van der Waals surface area contributed by atoms with Crippen LogP contribution in [0.3, 0.4) is 0 Å². The first-order chi connectivity index (χ1) is 10.4. The second kappa shape index (κ2) is 5.50. The summed E-state index contributed by atoms with van der Waals surface area (Å²) < 4.78 is 29.4. The molecule has 0 atom stereocenters. The maximum absolute atomic E-state index is 12.1. The van der Waals surface area contributed by atoms with E-state index in [9.17, 15) is 8.42 Å². The van der Waals surface area contributed by atoms with E-state index < -0.39 is 9.84 Å². The van der Waals surface area contributed by atoms with E-state index in [0.29, 0.717) is 16.3 Å². The minimum absolute atomic E-state index is 0.252. The number of halogens is 1. The van der Waals surface area contributed by atoms with Gasteiger partial charge in [0.2, 0.25) is 9.84 Å². The summed E-state index contributed by atoms with van der Waals surface area (Å²) in [6.07, 6.45) is 0. The molecule has 2 heterocycles. The number of sulfone groups is 1. The lowest BCUT2D eigenvalue weighted by Gasteiger charge is -1.95. The van der Waals surface area contributed by atoms with Gasteiger partial charge in [-0.3, -0.25) is 0 Å². The van der Waals surface area contributed by atoms with Crippen molar-refractivity contribution >= 4 is 21.4 Å². The van der Waals surface area contributed by atoms with Gasteiger partial charge in [0, 0.05) is 16.7 Å². The topological polar surface area (TPSA) is 104 Å². The summed E-state index contributed by atoms with van der Waals surface area (Å²) >= 11 is 5.91. The predicted molar refractivity (Wildman–Crippen MR) is 76.6 cm³/mol. The molecule has 0 fully saturated rings. The first kappa shape index (κ1) is 14.7. The largest absolute Gasteiger partial charge is 0.356 e. The van der Waals surface area contributed by atoms with E-state index in [4.69, 9.17) is 16.1 Å². The Morgan fingerprint density at radius 1 is 1.32 bits per heavy atom. The van der Waals surface area contributed by atoms with E-state index in [2.05, 4.69) is 20.6 Å². The maximum atomic E-state index is 12.1. The van der Waals surface area contributed by atoms with Crippen molar-refractivity contribution in [2.75, 3.05) is 0 Å². The molecule has 8 nitrogen and oxygen atoms in total. The van der Waals surface area contributed by atoms with E-state index in [1.807, 2.05) is 0 Å². The summed E-state index contributed by atoms with van der Waals surface area (Å²) in [7, 11) is -2.24. The number of benzene rings is 1. The van der Waals surface area contributed by atoms with Gasteiger partial charge >= 0.3 is 0 Å². The molecule has 0 spiro atoms. The first-order valence-corrected chi connectivity index (χ1v) is 8.15. The molecule has 0 aliphatic heterocycles. The van der Waals surface area contributed by atoms with Gasteiger partial charge < -0.3 is 4.52 Å². The number of hydrogen-bond acceptors (Lipinski definition) is 7. The molecular formula is C12H10ClN5O3S. The molecule has 0 saturated heterocycles. The van der Waals surface area contributed by atoms with Crippen LogP contribution in [0.4, 0.5) is 0 Å². The highest BCUT2D eigenvalue weighted by molar-refractivity contribution is 7.90. The Morgan fingerprint density at radius 2 is 2.14 bits per heavy atom. The van der Waals surface area contributed by atoms with Crippen LogP contribution in [-0.4, -0.2) is 33.8 Å². The van der Waals surface area contributed by atoms with E-state index in [-0.39, 0.29) is 16.6 Å². The van der Waals surface area contributed by atoms with Crippen LogP contribution in [0.5, 0.6) is 0 Å². The van der Waals surface area contributed by atoms with Gasteiger partial charge in [0.05, 0.1) is 12.7 Å². The third kappa shape index (κ3) is 3.00. The number of hydrogen-bond donors (Lipinski definition) is 0. The van der Waals surface area contributed by atoms with Crippen LogP contribution in [0, 0.1) is 0 Å². The molecular weight excluding hydrogens is 330 g/mol. The number of nitrogens with zero attached hydrogens (tertiary/aromatic N) is 5. The standard InChI is InChI=1S/C12H10ClN5O3S/c1-18-15-12(14-17-18)22(19,20)7-10-6-11(21-16-10)8-3-2-4-9(13)5-8/h2-6H,7H2,1H3. The number of aromatic nitrogens is 5. The summed E-state index contributed by atoms with van der Waals surface area (Å²) in [4.78, 5) is 1.08. The average molecular weight is 340 g/mol. The minimum atomic E-state index is -3.72. The average Bonchev–Trinajstić information content (AvgIpc) is 3.08. The van der Waals surface area contributed by atoms with Crippen molar-refractivity contribution in [3.05, 3.63) is 41.0 Å². The summed E-state index contributed by atoms with van der Waals surface area (Å²) in [5.41, 5.74) is 0.962. The molecule has 10 heteroatoms. The normalized spacial score (nSPS) is 11.7. The van der Waals surface area contributed by atoms with E-state index >= 15 is 0 Å². The Bertz CT molecular complexity index is 918. The fraction of sp³-hybridized carbons (Fsp3) is 0.167. The van der Waals surface area contributed by atoms with Crippen LogP contribution in [0.25, 0.3) is 11.3 Å². The van der Waals surface area contributed by atoms with Gasteiger partial charge in [-0.1, -0.05) is 34.0 Å². The van der Waals surface area contributed by atoms with E-state index in [1.54, 1.807) is 30.3 Å². The third-order valence-electron chi connectivity index (χ3n) is 2.77. The van der Waals surface area contributed by atoms with Gasteiger partial charge in [0.25, 0.3) is 5.16 Å². The summed E-state index contributed by atoms with van der Waals surface area (Å²) in [6.45, 7) is 0. The molecule has 0 unspecified atom stereocenters. The van der Waals surface area contributed by atoms with Crippen LogP contribution in [0.2, 0.25) is 5.02 Å². The lowest BCUT2D eigenvalue weighted by molar-refractivity contribution is 0.425. The molecule has 0 aliphatic carbocycles. The van der Waals surface area contributed by atoms with Gasteiger partial charge in [0.1, 0.15) is 5.75 Å². The van der Waals surface area contributed by atoms with Gasteiger partial charge in [-0.2, -0.15) is 4.80 Å². The molecule has 3 aromatic rings. The highest BCUT2D eigenvalue weighted by Crippen LogP contribution is 2.24. The van der Waals surface area contributed by atoms with Crippen molar-refractivity contribution in [1.29, 1.82) is 0 Å². The lowest BCUT2D eigenvalue weighted by atomic mass is 10.2. The van der Waals surface area contributed by atoms with Crippen LogP contribution in [-0.2, 0) is 22.6 Å². The molecule has 0 radical (unpaired) electrons. The van der Waals surface area contributed by atoms with Crippen molar-refractivity contribution in [3.63, 3.8) is 0 Å². The number of aryl methyl sites for hydroxylation is 1. The zero-order chi connectivity index (χ0) is 15.7. The highest BCUT2D eigenvalue weighted by Gasteiger charge is 2.23. The van der Waals surface area contributed by atoms with Gasteiger partial charge in [-0.05, 0) is 17.3 Å². The van der Waals surface area contributed by atoms with Crippen LogP contribution >= 0.6 is 11.6 Å². The Morgan fingerprint density at radius 3 is 2.82 bits per heavy atom. The first-order valence-electron chi connectivity index (χ1n) is 6.12. The molecule has 2 aromatic heterocycles. The second-order valence-corrected chi connectivity index (χ2v) is 6.83. The molecule has 1 aromatic carbocycles. The van der Waals surface area contributed by atoms with Gasteiger partial charge in [-0.15, -0.1) is 5.10 Å². The zero-order valence-electron chi connectivity index (χ0n) is 11.3. The van der Waals surface area contributed by atoms with Gasteiger partial charge in [-0.25, -0.2) is 8.42 Å². The number of rotatable bonds is 4. The van der Waals surface area contributed by atoms with E-state index in [0.717, 1.165) is 4.80 Å². The molecule has 0 bridgehead atoms.